The van der Waals surface area contributed by atoms with E-state index < -0.39 is 0 Å². The van der Waals surface area contributed by atoms with Crippen molar-refractivity contribution in [1.82, 2.24) is 4.90 Å². The Balaban J connectivity index is 1.79. The second-order valence-corrected chi connectivity index (χ2v) is 5.30. The van der Waals surface area contributed by atoms with Crippen LogP contribution in [0.5, 0.6) is 0 Å². The van der Waals surface area contributed by atoms with Gasteiger partial charge in [0.25, 0.3) is 0 Å². The van der Waals surface area contributed by atoms with E-state index in [1.165, 1.54) is 25.7 Å². The predicted octanol–water partition coefficient (Wildman–Crippen LogP) is 1.52. The Kier molecular flexibility index (Phi) is 3.01. The second kappa shape index (κ2) is 4.12. The zero-order chi connectivity index (χ0) is 10.9. The van der Waals surface area contributed by atoms with E-state index >= 15 is 0 Å². The molecule has 15 heavy (non-hydrogen) atoms. The summed E-state index contributed by atoms with van der Waals surface area (Å²) in [5, 5.41) is 0. The third kappa shape index (κ3) is 2.17. The first-order chi connectivity index (χ1) is 7.15. The average molecular weight is 210 g/mol. The minimum Gasteiger partial charge on any atom is -0.343 e. The van der Waals surface area contributed by atoms with Crippen molar-refractivity contribution >= 4 is 5.91 Å². The average Bonchev–Trinajstić information content (AvgIpc) is 2.17. The number of piperidine rings is 1. The van der Waals surface area contributed by atoms with Crippen LogP contribution in [-0.2, 0) is 4.79 Å². The zero-order valence-corrected chi connectivity index (χ0v) is 9.67. The summed E-state index contributed by atoms with van der Waals surface area (Å²) in [6.45, 7) is 3.99. The van der Waals surface area contributed by atoms with Crippen molar-refractivity contribution in [1.29, 1.82) is 0 Å². The molecule has 2 aliphatic rings. The van der Waals surface area contributed by atoms with Gasteiger partial charge in [-0.3, -0.25) is 4.79 Å². The van der Waals surface area contributed by atoms with Crippen molar-refractivity contribution in [2.75, 3.05) is 13.1 Å². The van der Waals surface area contributed by atoms with Crippen LogP contribution in [0.25, 0.3) is 0 Å². The molecule has 86 valence electrons. The molecule has 2 fully saturated rings. The third-order valence-electron chi connectivity index (χ3n) is 4.03. The van der Waals surface area contributed by atoms with Crippen LogP contribution < -0.4 is 5.73 Å². The van der Waals surface area contributed by atoms with Gasteiger partial charge in [-0.05, 0) is 37.5 Å². The summed E-state index contributed by atoms with van der Waals surface area (Å²) >= 11 is 0. The minimum absolute atomic E-state index is 0.343. The number of hydrogen-bond donors (Lipinski definition) is 1. The highest BCUT2D eigenvalue weighted by Gasteiger charge is 2.44. The van der Waals surface area contributed by atoms with E-state index in [1.807, 2.05) is 4.90 Å². The fourth-order valence-corrected chi connectivity index (χ4v) is 3.06. The lowest BCUT2D eigenvalue weighted by Crippen LogP contribution is -2.52. The van der Waals surface area contributed by atoms with E-state index in [9.17, 15) is 4.79 Å². The molecule has 1 aliphatic heterocycles. The van der Waals surface area contributed by atoms with E-state index in [0.29, 0.717) is 23.8 Å². The summed E-state index contributed by atoms with van der Waals surface area (Å²) < 4.78 is 0. The molecule has 2 N–H and O–H groups in total. The summed E-state index contributed by atoms with van der Waals surface area (Å²) in [5.41, 5.74) is 6.36. The molecule has 3 nitrogen and oxygen atoms in total. The quantitative estimate of drug-likeness (QED) is 0.751. The van der Waals surface area contributed by atoms with Crippen molar-refractivity contribution in [2.45, 2.75) is 51.5 Å². The first-order valence-corrected chi connectivity index (χ1v) is 6.18. The molecule has 0 aromatic carbocycles. The Morgan fingerprint density at radius 2 is 2.00 bits per heavy atom. The van der Waals surface area contributed by atoms with Gasteiger partial charge >= 0.3 is 0 Å². The molecule has 0 aromatic heterocycles. The van der Waals surface area contributed by atoms with Crippen LogP contribution in [0.1, 0.15) is 45.4 Å². The van der Waals surface area contributed by atoms with Gasteiger partial charge in [-0.2, -0.15) is 0 Å². The monoisotopic (exact) mass is 210 g/mol. The van der Waals surface area contributed by atoms with Crippen LogP contribution in [-0.4, -0.2) is 29.9 Å². The Hall–Kier alpha value is -0.570. The van der Waals surface area contributed by atoms with Gasteiger partial charge in [0, 0.05) is 25.6 Å². The zero-order valence-electron chi connectivity index (χ0n) is 9.67. The molecular weight excluding hydrogens is 188 g/mol. The standard InChI is InChI=1S/C12H22N2O/c1-2-3-11(15)14-6-4-12(5-7-14)8-10(13)9-12/h10H,2-9,13H2,1H3. The van der Waals surface area contributed by atoms with Gasteiger partial charge < -0.3 is 10.6 Å². The van der Waals surface area contributed by atoms with E-state index in [-0.39, 0.29) is 0 Å². The summed E-state index contributed by atoms with van der Waals surface area (Å²) in [7, 11) is 0. The van der Waals surface area contributed by atoms with Gasteiger partial charge in [0.1, 0.15) is 0 Å². The Bertz CT molecular complexity index is 236. The summed E-state index contributed by atoms with van der Waals surface area (Å²) in [4.78, 5) is 13.7. The van der Waals surface area contributed by atoms with Crippen LogP contribution in [0.2, 0.25) is 0 Å². The largest absolute Gasteiger partial charge is 0.343 e. The number of amides is 1. The highest BCUT2D eigenvalue weighted by atomic mass is 16.2. The topological polar surface area (TPSA) is 46.3 Å². The SMILES string of the molecule is CCCC(=O)N1CCC2(CC1)CC(N)C2. The number of likely N-dealkylation sites (tertiary alicyclic amines) is 1. The molecule has 2 rings (SSSR count). The fraction of sp³-hybridized carbons (Fsp3) is 0.917. The van der Waals surface area contributed by atoms with Gasteiger partial charge in [-0.25, -0.2) is 0 Å². The van der Waals surface area contributed by atoms with Crippen molar-refractivity contribution in [3.05, 3.63) is 0 Å². The van der Waals surface area contributed by atoms with E-state index in [1.54, 1.807) is 0 Å². The maximum Gasteiger partial charge on any atom is 0.222 e. The van der Waals surface area contributed by atoms with Crippen molar-refractivity contribution in [3.63, 3.8) is 0 Å². The lowest BCUT2D eigenvalue weighted by atomic mass is 9.61. The molecule has 0 bridgehead atoms. The number of hydrogen-bond acceptors (Lipinski definition) is 2. The number of carbonyl (C=O) groups is 1. The molecule has 1 spiro atoms. The molecule has 1 amide bonds. The molecule has 1 saturated carbocycles. The Labute approximate surface area is 92.0 Å². The lowest BCUT2D eigenvalue weighted by molar-refractivity contribution is -0.134. The maximum absolute atomic E-state index is 11.7. The third-order valence-corrected chi connectivity index (χ3v) is 4.03. The second-order valence-electron chi connectivity index (χ2n) is 5.30. The number of carbonyl (C=O) groups excluding carboxylic acids is 1. The van der Waals surface area contributed by atoms with Crippen molar-refractivity contribution in [3.8, 4) is 0 Å². The highest BCUT2D eigenvalue weighted by molar-refractivity contribution is 5.76. The van der Waals surface area contributed by atoms with Gasteiger partial charge in [-0.1, -0.05) is 6.92 Å². The number of nitrogens with zero attached hydrogens (tertiary/aromatic N) is 1. The fourth-order valence-electron chi connectivity index (χ4n) is 3.06. The van der Waals surface area contributed by atoms with Gasteiger partial charge in [0.15, 0.2) is 0 Å². The molecule has 0 unspecified atom stereocenters. The molecule has 1 aliphatic carbocycles. The molecule has 0 radical (unpaired) electrons. The summed E-state index contributed by atoms with van der Waals surface area (Å²) in [6.07, 6.45) is 6.40. The molecule has 0 aromatic rings. The summed E-state index contributed by atoms with van der Waals surface area (Å²) in [6, 6.07) is 0.433. The van der Waals surface area contributed by atoms with Gasteiger partial charge in [0.2, 0.25) is 5.91 Å². The van der Waals surface area contributed by atoms with Crippen LogP contribution >= 0.6 is 0 Å². The molecule has 1 saturated heterocycles. The van der Waals surface area contributed by atoms with Crippen LogP contribution in [0.15, 0.2) is 0 Å². The smallest absolute Gasteiger partial charge is 0.222 e. The Morgan fingerprint density at radius 3 is 2.47 bits per heavy atom. The lowest BCUT2D eigenvalue weighted by Gasteiger charge is -2.51. The molecule has 1 heterocycles. The molecular formula is C12H22N2O. The van der Waals surface area contributed by atoms with Crippen molar-refractivity contribution < 1.29 is 4.79 Å². The van der Waals surface area contributed by atoms with Crippen molar-refractivity contribution in [2.24, 2.45) is 11.1 Å². The van der Waals surface area contributed by atoms with E-state index in [4.69, 9.17) is 5.73 Å². The van der Waals surface area contributed by atoms with Crippen LogP contribution in [0, 0.1) is 5.41 Å². The van der Waals surface area contributed by atoms with Crippen LogP contribution in [0.4, 0.5) is 0 Å². The molecule has 3 heteroatoms. The maximum atomic E-state index is 11.7. The normalized spacial score (nSPS) is 25.3. The van der Waals surface area contributed by atoms with Crippen LogP contribution in [0.3, 0.4) is 0 Å². The van der Waals surface area contributed by atoms with E-state index in [0.717, 1.165) is 19.5 Å². The number of rotatable bonds is 2. The Morgan fingerprint density at radius 1 is 1.40 bits per heavy atom. The predicted molar refractivity (Wildman–Crippen MR) is 60.4 cm³/mol. The molecule has 0 atom stereocenters. The first kappa shape index (κ1) is 10.9. The number of nitrogens with two attached hydrogens (primary N) is 1. The minimum atomic E-state index is 0.343. The first-order valence-electron chi connectivity index (χ1n) is 6.18. The van der Waals surface area contributed by atoms with Gasteiger partial charge in [-0.15, -0.1) is 0 Å². The summed E-state index contributed by atoms with van der Waals surface area (Å²) in [5.74, 6) is 0.343. The van der Waals surface area contributed by atoms with E-state index in [2.05, 4.69) is 6.92 Å². The van der Waals surface area contributed by atoms with Gasteiger partial charge in [0.05, 0.1) is 0 Å². The highest BCUT2D eigenvalue weighted by Crippen LogP contribution is 2.48.